The summed E-state index contributed by atoms with van der Waals surface area (Å²) < 4.78 is 5.24. The second-order valence-corrected chi connectivity index (χ2v) is 3.04. The van der Waals surface area contributed by atoms with Crippen molar-refractivity contribution in [1.29, 1.82) is 0 Å². The molecule has 1 heterocycles. The predicted molar refractivity (Wildman–Crippen MR) is 40.5 cm³/mol. The van der Waals surface area contributed by atoms with Crippen LogP contribution in [0.2, 0.25) is 0 Å². The van der Waals surface area contributed by atoms with Crippen molar-refractivity contribution in [2.45, 2.75) is 26.2 Å². The minimum atomic E-state index is 0.298. The van der Waals surface area contributed by atoms with E-state index in [2.05, 4.69) is 0 Å². The monoisotopic (exact) mass is 150 g/mol. The zero-order valence-corrected chi connectivity index (χ0v) is 6.52. The molecule has 0 radical (unpaired) electrons. The molecule has 2 rings (SSSR count). The molecular weight excluding hydrogens is 140 g/mol. The molecule has 11 heavy (non-hydrogen) atoms. The van der Waals surface area contributed by atoms with Crippen LogP contribution in [-0.2, 0) is 17.6 Å². The van der Waals surface area contributed by atoms with Crippen LogP contribution >= 0.6 is 0 Å². The molecule has 1 aliphatic rings. The molecule has 1 aromatic heterocycles. The lowest BCUT2D eigenvalue weighted by Crippen LogP contribution is -2.11. The van der Waals surface area contributed by atoms with Gasteiger partial charge in [0.2, 0.25) is 0 Å². The lowest BCUT2D eigenvalue weighted by Gasteiger charge is -2.08. The average Bonchev–Trinajstić information content (AvgIpc) is 2.32. The first-order chi connectivity index (χ1) is 5.27. The van der Waals surface area contributed by atoms with Crippen molar-refractivity contribution >= 4 is 5.78 Å². The van der Waals surface area contributed by atoms with Gasteiger partial charge < -0.3 is 4.42 Å². The Labute approximate surface area is 65.2 Å². The SMILES string of the molecule is Cc1coc2c1CCC(=O)C2. The molecule has 0 fully saturated rings. The maximum Gasteiger partial charge on any atom is 0.140 e. The van der Waals surface area contributed by atoms with Crippen LogP contribution in [0.5, 0.6) is 0 Å². The Balaban J connectivity index is 2.44. The summed E-state index contributed by atoms with van der Waals surface area (Å²) in [4.78, 5) is 11.0. The van der Waals surface area contributed by atoms with Gasteiger partial charge in [0.05, 0.1) is 12.7 Å². The topological polar surface area (TPSA) is 30.2 Å². The van der Waals surface area contributed by atoms with E-state index in [0.717, 1.165) is 12.2 Å². The van der Waals surface area contributed by atoms with Crippen molar-refractivity contribution in [3.8, 4) is 0 Å². The van der Waals surface area contributed by atoms with E-state index in [1.54, 1.807) is 6.26 Å². The molecule has 1 aromatic rings. The van der Waals surface area contributed by atoms with Gasteiger partial charge in [-0.1, -0.05) is 0 Å². The molecule has 1 aliphatic carbocycles. The van der Waals surface area contributed by atoms with Crippen LogP contribution in [0.4, 0.5) is 0 Å². The van der Waals surface area contributed by atoms with Gasteiger partial charge >= 0.3 is 0 Å². The molecule has 2 heteroatoms. The number of carbonyl (C=O) groups excluding carboxylic acids is 1. The van der Waals surface area contributed by atoms with Gasteiger partial charge in [0, 0.05) is 6.42 Å². The smallest absolute Gasteiger partial charge is 0.140 e. The van der Waals surface area contributed by atoms with E-state index in [1.165, 1.54) is 11.1 Å². The third-order valence-electron chi connectivity index (χ3n) is 2.20. The van der Waals surface area contributed by atoms with E-state index in [4.69, 9.17) is 4.42 Å². The maximum absolute atomic E-state index is 11.0. The highest BCUT2D eigenvalue weighted by atomic mass is 16.3. The number of aryl methyl sites for hydroxylation is 1. The molecular formula is C9H10O2. The van der Waals surface area contributed by atoms with Gasteiger partial charge in [0.15, 0.2) is 0 Å². The van der Waals surface area contributed by atoms with Crippen molar-refractivity contribution in [3.63, 3.8) is 0 Å². The Bertz CT molecular complexity index is 297. The molecule has 0 atom stereocenters. The fourth-order valence-corrected chi connectivity index (χ4v) is 1.54. The minimum Gasteiger partial charge on any atom is -0.468 e. The Morgan fingerprint density at radius 1 is 1.45 bits per heavy atom. The van der Waals surface area contributed by atoms with E-state index in [-0.39, 0.29) is 0 Å². The van der Waals surface area contributed by atoms with Crippen molar-refractivity contribution in [3.05, 3.63) is 23.2 Å². The van der Waals surface area contributed by atoms with Crippen LogP contribution in [0.25, 0.3) is 0 Å². The molecule has 0 saturated carbocycles. The summed E-state index contributed by atoms with van der Waals surface area (Å²) >= 11 is 0. The molecule has 0 bridgehead atoms. The van der Waals surface area contributed by atoms with E-state index in [1.807, 2.05) is 6.92 Å². The third-order valence-corrected chi connectivity index (χ3v) is 2.20. The van der Waals surface area contributed by atoms with Gasteiger partial charge in [-0.3, -0.25) is 4.79 Å². The van der Waals surface area contributed by atoms with Crippen LogP contribution in [-0.4, -0.2) is 5.78 Å². The lowest BCUT2D eigenvalue weighted by atomic mass is 9.95. The van der Waals surface area contributed by atoms with E-state index >= 15 is 0 Å². The number of carbonyl (C=O) groups is 1. The summed E-state index contributed by atoms with van der Waals surface area (Å²) in [6.45, 7) is 2.03. The van der Waals surface area contributed by atoms with E-state index in [0.29, 0.717) is 18.6 Å². The Morgan fingerprint density at radius 3 is 3.09 bits per heavy atom. The number of ketones is 1. The predicted octanol–water partition coefficient (Wildman–Crippen LogP) is 1.65. The molecule has 2 nitrogen and oxygen atoms in total. The average molecular weight is 150 g/mol. The summed E-state index contributed by atoms with van der Waals surface area (Å²) in [6.07, 6.45) is 3.80. The third kappa shape index (κ3) is 0.985. The molecule has 0 amide bonds. The molecule has 0 N–H and O–H groups in total. The second kappa shape index (κ2) is 2.22. The van der Waals surface area contributed by atoms with Crippen molar-refractivity contribution < 1.29 is 9.21 Å². The standard InChI is InChI=1S/C9H10O2/c1-6-5-11-9-4-7(10)2-3-8(6)9/h5H,2-4H2,1H3. The number of hydrogen-bond acceptors (Lipinski definition) is 2. The normalized spacial score (nSPS) is 16.6. The number of furan rings is 1. The van der Waals surface area contributed by atoms with Gasteiger partial charge in [0.1, 0.15) is 11.5 Å². The molecule has 0 saturated heterocycles. The fraction of sp³-hybridized carbons (Fsp3) is 0.444. The number of fused-ring (bicyclic) bond motifs is 1. The second-order valence-electron chi connectivity index (χ2n) is 3.04. The maximum atomic E-state index is 11.0. The minimum absolute atomic E-state index is 0.298. The molecule has 0 aromatic carbocycles. The molecule has 0 aliphatic heterocycles. The number of hydrogen-bond donors (Lipinski definition) is 0. The zero-order valence-electron chi connectivity index (χ0n) is 6.52. The van der Waals surface area contributed by atoms with Crippen LogP contribution in [0.15, 0.2) is 10.7 Å². The van der Waals surface area contributed by atoms with E-state index < -0.39 is 0 Å². The molecule has 0 spiro atoms. The van der Waals surface area contributed by atoms with Crippen molar-refractivity contribution in [2.24, 2.45) is 0 Å². The summed E-state index contributed by atoms with van der Waals surface area (Å²) in [5.74, 6) is 1.19. The Kier molecular flexibility index (Phi) is 1.34. The first kappa shape index (κ1) is 6.65. The van der Waals surface area contributed by atoms with E-state index in [9.17, 15) is 4.79 Å². The summed E-state index contributed by atoms with van der Waals surface area (Å²) in [5.41, 5.74) is 2.44. The van der Waals surface area contributed by atoms with Gasteiger partial charge in [-0.15, -0.1) is 0 Å². The number of rotatable bonds is 0. The van der Waals surface area contributed by atoms with Crippen LogP contribution < -0.4 is 0 Å². The molecule has 0 unspecified atom stereocenters. The lowest BCUT2D eigenvalue weighted by molar-refractivity contribution is -0.119. The summed E-state index contributed by atoms with van der Waals surface area (Å²) in [6, 6.07) is 0. The van der Waals surface area contributed by atoms with Gasteiger partial charge in [0.25, 0.3) is 0 Å². The Hall–Kier alpha value is -1.05. The van der Waals surface area contributed by atoms with Gasteiger partial charge in [-0.25, -0.2) is 0 Å². The van der Waals surface area contributed by atoms with Gasteiger partial charge in [-0.2, -0.15) is 0 Å². The van der Waals surface area contributed by atoms with Crippen LogP contribution in [0, 0.1) is 6.92 Å². The quantitative estimate of drug-likeness (QED) is 0.562. The number of Topliss-reactive ketones (excluding diaryl/α,β-unsaturated/α-hetero) is 1. The van der Waals surface area contributed by atoms with Crippen molar-refractivity contribution in [2.75, 3.05) is 0 Å². The summed E-state index contributed by atoms with van der Waals surface area (Å²) in [7, 11) is 0. The zero-order chi connectivity index (χ0) is 7.84. The highest BCUT2D eigenvalue weighted by molar-refractivity contribution is 5.82. The first-order valence-corrected chi connectivity index (χ1v) is 3.85. The van der Waals surface area contributed by atoms with Crippen LogP contribution in [0.1, 0.15) is 23.3 Å². The highest BCUT2D eigenvalue weighted by Crippen LogP contribution is 2.23. The molecule has 58 valence electrons. The highest BCUT2D eigenvalue weighted by Gasteiger charge is 2.19. The summed E-state index contributed by atoms with van der Waals surface area (Å²) in [5, 5.41) is 0. The van der Waals surface area contributed by atoms with Gasteiger partial charge in [-0.05, 0) is 24.5 Å². The first-order valence-electron chi connectivity index (χ1n) is 3.85. The fourth-order valence-electron chi connectivity index (χ4n) is 1.54. The Morgan fingerprint density at radius 2 is 2.27 bits per heavy atom. The largest absolute Gasteiger partial charge is 0.468 e. The van der Waals surface area contributed by atoms with Crippen LogP contribution in [0.3, 0.4) is 0 Å². The van der Waals surface area contributed by atoms with Crippen molar-refractivity contribution in [1.82, 2.24) is 0 Å².